The molecule has 0 saturated heterocycles. The van der Waals surface area contributed by atoms with Gasteiger partial charge in [0, 0.05) is 27.1 Å². The van der Waals surface area contributed by atoms with Crippen LogP contribution in [0.15, 0.2) is 59.5 Å². The predicted molar refractivity (Wildman–Crippen MR) is 100 cm³/mol. The lowest BCUT2D eigenvalue weighted by Gasteiger charge is -2.11. The molecule has 0 aliphatic heterocycles. The molecule has 25 heavy (non-hydrogen) atoms. The van der Waals surface area contributed by atoms with Gasteiger partial charge in [0.1, 0.15) is 5.25 Å². The van der Waals surface area contributed by atoms with E-state index < -0.39 is 0 Å². The van der Waals surface area contributed by atoms with Crippen molar-refractivity contribution in [3.8, 4) is 0 Å². The summed E-state index contributed by atoms with van der Waals surface area (Å²) in [4.78, 5) is 28.9. The predicted octanol–water partition coefficient (Wildman–Crippen LogP) is 4.38. The van der Waals surface area contributed by atoms with Crippen molar-refractivity contribution in [3.63, 3.8) is 0 Å². The Kier molecular flexibility index (Phi) is 5.24. The van der Waals surface area contributed by atoms with Gasteiger partial charge < -0.3 is 9.72 Å². The van der Waals surface area contributed by atoms with E-state index in [2.05, 4.69) is 4.98 Å². The summed E-state index contributed by atoms with van der Waals surface area (Å²) in [5, 5.41) is 0.479. The van der Waals surface area contributed by atoms with E-state index in [-0.39, 0.29) is 23.6 Å². The first-order chi connectivity index (χ1) is 12.1. The van der Waals surface area contributed by atoms with E-state index in [1.54, 1.807) is 6.92 Å². The van der Waals surface area contributed by atoms with Gasteiger partial charge in [-0.2, -0.15) is 0 Å². The Bertz CT molecular complexity index is 902. The highest BCUT2D eigenvalue weighted by Crippen LogP contribution is 2.24. The molecule has 2 aromatic carbocycles. The summed E-state index contributed by atoms with van der Waals surface area (Å²) in [5.74, 6) is -0.583. The van der Waals surface area contributed by atoms with Crippen LogP contribution in [-0.4, -0.2) is 28.6 Å². The van der Waals surface area contributed by atoms with Crippen molar-refractivity contribution in [3.05, 3.63) is 65.9 Å². The molecule has 3 rings (SSSR count). The van der Waals surface area contributed by atoms with Crippen LogP contribution >= 0.6 is 11.8 Å². The number of carbonyl (C=O) groups is 2. The molecule has 0 radical (unpaired) electrons. The van der Waals surface area contributed by atoms with Crippen LogP contribution < -0.4 is 0 Å². The van der Waals surface area contributed by atoms with E-state index in [0.717, 1.165) is 21.5 Å². The maximum absolute atomic E-state index is 12.5. The van der Waals surface area contributed by atoms with Crippen LogP contribution in [0.5, 0.6) is 0 Å². The van der Waals surface area contributed by atoms with Crippen LogP contribution in [-0.2, 0) is 9.53 Å². The second-order valence-corrected chi connectivity index (χ2v) is 7.19. The van der Waals surface area contributed by atoms with Gasteiger partial charge in [-0.1, -0.05) is 36.4 Å². The SMILES string of the molecule is Cc1[nH]c2ccccc2c1C(=O)COC(=O)[C@H](C)Sc1ccccc1. The third-order valence-corrected chi connectivity index (χ3v) is 5.00. The molecule has 3 aromatic rings. The molecule has 1 heterocycles. The maximum atomic E-state index is 12.5. The molecule has 0 amide bonds. The number of fused-ring (bicyclic) bond motifs is 1. The number of aromatic nitrogens is 1. The fraction of sp³-hybridized carbons (Fsp3) is 0.200. The Balaban J connectivity index is 1.63. The van der Waals surface area contributed by atoms with Crippen LogP contribution in [0.3, 0.4) is 0 Å². The minimum absolute atomic E-state index is 0.194. The number of ether oxygens (including phenoxy) is 1. The number of aromatic amines is 1. The number of para-hydroxylation sites is 1. The monoisotopic (exact) mass is 353 g/mol. The molecule has 1 aromatic heterocycles. The molecule has 0 fully saturated rings. The van der Waals surface area contributed by atoms with Gasteiger partial charge in [0.15, 0.2) is 6.61 Å². The topological polar surface area (TPSA) is 59.2 Å². The summed E-state index contributed by atoms with van der Waals surface area (Å²) in [6.45, 7) is 3.38. The number of hydrogen-bond donors (Lipinski definition) is 1. The molecule has 0 aliphatic rings. The number of aryl methyl sites for hydroxylation is 1. The quantitative estimate of drug-likeness (QED) is 0.406. The zero-order chi connectivity index (χ0) is 17.8. The van der Waals surface area contributed by atoms with Crippen molar-refractivity contribution in [1.29, 1.82) is 0 Å². The van der Waals surface area contributed by atoms with Crippen molar-refractivity contribution in [2.45, 2.75) is 24.0 Å². The number of hydrogen-bond acceptors (Lipinski definition) is 4. The van der Waals surface area contributed by atoms with Gasteiger partial charge in [0.2, 0.25) is 5.78 Å². The van der Waals surface area contributed by atoms with Crippen LogP contribution in [0, 0.1) is 6.92 Å². The lowest BCUT2D eigenvalue weighted by molar-refractivity contribution is -0.141. The Hall–Kier alpha value is -2.53. The molecule has 1 atom stereocenters. The highest BCUT2D eigenvalue weighted by molar-refractivity contribution is 8.00. The molecule has 0 spiro atoms. The number of carbonyl (C=O) groups excluding carboxylic acids is 2. The van der Waals surface area contributed by atoms with Crippen LogP contribution in [0.2, 0.25) is 0 Å². The highest BCUT2D eigenvalue weighted by atomic mass is 32.2. The molecule has 1 N–H and O–H groups in total. The Morgan fingerprint density at radius 2 is 1.76 bits per heavy atom. The van der Waals surface area contributed by atoms with Crippen molar-refractivity contribution in [2.24, 2.45) is 0 Å². The van der Waals surface area contributed by atoms with E-state index in [1.807, 2.05) is 61.5 Å². The molecular weight excluding hydrogens is 334 g/mol. The molecule has 0 aliphatic carbocycles. The van der Waals surface area contributed by atoms with E-state index in [4.69, 9.17) is 4.74 Å². The fourth-order valence-corrected chi connectivity index (χ4v) is 3.60. The van der Waals surface area contributed by atoms with Gasteiger partial charge in [-0.15, -0.1) is 11.8 Å². The maximum Gasteiger partial charge on any atom is 0.319 e. The van der Waals surface area contributed by atoms with E-state index in [1.165, 1.54) is 11.8 Å². The molecule has 0 unspecified atom stereocenters. The zero-order valence-corrected chi connectivity index (χ0v) is 14.9. The van der Waals surface area contributed by atoms with Crippen molar-refractivity contribution < 1.29 is 14.3 Å². The minimum atomic E-state index is -0.389. The van der Waals surface area contributed by atoms with E-state index >= 15 is 0 Å². The van der Waals surface area contributed by atoms with Gasteiger partial charge >= 0.3 is 5.97 Å². The molecule has 0 bridgehead atoms. The summed E-state index contributed by atoms with van der Waals surface area (Å²) in [5.41, 5.74) is 2.28. The average Bonchev–Trinajstić information content (AvgIpc) is 2.96. The third kappa shape index (κ3) is 3.94. The van der Waals surface area contributed by atoms with Gasteiger partial charge in [0.05, 0.1) is 0 Å². The Labute approximate surface area is 150 Å². The number of ketones is 1. The summed E-state index contributed by atoms with van der Waals surface area (Å²) in [7, 11) is 0. The number of Topliss-reactive ketones (excluding diaryl/α,β-unsaturated/α-hetero) is 1. The number of rotatable bonds is 6. The minimum Gasteiger partial charge on any atom is -0.456 e. The standard InChI is InChI=1S/C20H19NO3S/c1-13-19(16-10-6-7-11-17(16)21-13)18(22)12-24-20(23)14(2)25-15-8-4-3-5-9-15/h3-11,14,21H,12H2,1-2H3/t14-/m0/s1. The van der Waals surface area contributed by atoms with Gasteiger partial charge in [-0.3, -0.25) is 9.59 Å². The third-order valence-electron chi connectivity index (χ3n) is 3.91. The fourth-order valence-electron chi connectivity index (χ4n) is 2.71. The first-order valence-electron chi connectivity index (χ1n) is 8.05. The molecule has 4 nitrogen and oxygen atoms in total. The van der Waals surface area contributed by atoms with E-state index in [0.29, 0.717) is 5.56 Å². The largest absolute Gasteiger partial charge is 0.456 e. The van der Waals surface area contributed by atoms with Crippen LogP contribution in [0.1, 0.15) is 23.0 Å². The van der Waals surface area contributed by atoms with Crippen LogP contribution in [0.4, 0.5) is 0 Å². The number of H-pyrrole nitrogens is 1. The number of nitrogens with one attached hydrogen (secondary N) is 1. The summed E-state index contributed by atoms with van der Waals surface area (Å²) in [6.07, 6.45) is 0. The number of benzene rings is 2. The molecule has 128 valence electrons. The van der Waals surface area contributed by atoms with Gasteiger partial charge in [0.25, 0.3) is 0 Å². The summed E-state index contributed by atoms with van der Waals surface area (Å²) in [6, 6.07) is 17.3. The number of esters is 1. The summed E-state index contributed by atoms with van der Waals surface area (Å²) < 4.78 is 5.24. The Morgan fingerprint density at radius 3 is 2.52 bits per heavy atom. The van der Waals surface area contributed by atoms with Gasteiger partial charge in [-0.05, 0) is 32.0 Å². The molecule has 5 heteroatoms. The second kappa shape index (κ2) is 7.57. The van der Waals surface area contributed by atoms with Crippen molar-refractivity contribution in [2.75, 3.05) is 6.61 Å². The second-order valence-electron chi connectivity index (χ2n) is 5.77. The smallest absolute Gasteiger partial charge is 0.319 e. The van der Waals surface area contributed by atoms with E-state index in [9.17, 15) is 9.59 Å². The van der Waals surface area contributed by atoms with Crippen LogP contribution in [0.25, 0.3) is 10.9 Å². The van der Waals surface area contributed by atoms with Crippen molar-refractivity contribution in [1.82, 2.24) is 4.98 Å². The lowest BCUT2D eigenvalue weighted by Crippen LogP contribution is -2.21. The lowest BCUT2D eigenvalue weighted by atomic mass is 10.1. The highest BCUT2D eigenvalue weighted by Gasteiger charge is 2.20. The van der Waals surface area contributed by atoms with Crippen molar-refractivity contribution >= 4 is 34.4 Å². The first kappa shape index (κ1) is 17.3. The molecular formula is C20H19NO3S. The molecule has 0 saturated carbocycles. The Morgan fingerprint density at radius 1 is 1.08 bits per heavy atom. The normalized spacial score (nSPS) is 12.1. The number of thioether (sulfide) groups is 1. The first-order valence-corrected chi connectivity index (χ1v) is 8.93. The summed E-state index contributed by atoms with van der Waals surface area (Å²) >= 11 is 1.41. The zero-order valence-electron chi connectivity index (χ0n) is 14.1. The average molecular weight is 353 g/mol. The van der Waals surface area contributed by atoms with Gasteiger partial charge in [-0.25, -0.2) is 0 Å².